The van der Waals surface area contributed by atoms with Gasteiger partial charge in [0.15, 0.2) is 0 Å². The molecule has 1 aromatic rings. The second kappa shape index (κ2) is 5.42. The summed E-state index contributed by atoms with van der Waals surface area (Å²) in [5.41, 5.74) is 0.999. The molecule has 5 heteroatoms. The zero-order chi connectivity index (χ0) is 12.1. The number of nitriles is 1. The van der Waals surface area contributed by atoms with Gasteiger partial charge in [-0.15, -0.1) is 0 Å². The van der Waals surface area contributed by atoms with Crippen molar-refractivity contribution in [3.05, 3.63) is 33.3 Å². The summed E-state index contributed by atoms with van der Waals surface area (Å²) in [7, 11) is 1.26. The van der Waals surface area contributed by atoms with E-state index in [-0.39, 0.29) is 12.0 Å². The predicted molar refractivity (Wildman–Crippen MR) is 60.0 cm³/mol. The van der Waals surface area contributed by atoms with E-state index in [2.05, 4.69) is 20.7 Å². The van der Waals surface area contributed by atoms with E-state index in [9.17, 15) is 9.59 Å². The predicted octanol–water partition coefficient (Wildman–Crippen LogP) is 1.85. The molecule has 0 atom stereocenters. The third-order valence-corrected chi connectivity index (χ3v) is 2.75. The lowest BCUT2D eigenvalue weighted by Gasteiger charge is -2.07. The Labute approximate surface area is 101 Å². The van der Waals surface area contributed by atoms with Crippen LogP contribution in [0.5, 0.6) is 0 Å². The number of benzene rings is 1. The first kappa shape index (κ1) is 12.4. The molecule has 0 unspecified atom stereocenters. The van der Waals surface area contributed by atoms with Crippen molar-refractivity contribution in [2.75, 3.05) is 7.11 Å². The van der Waals surface area contributed by atoms with Crippen molar-refractivity contribution in [3.63, 3.8) is 0 Å². The quantitative estimate of drug-likeness (QED) is 0.626. The molecular formula is C11H8BrNO3. The molecule has 0 aromatic heterocycles. The average Bonchev–Trinajstić information content (AvgIpc) is 2.29. The van der Waals surface area contributed by atoms with Crippen molar-refractivity contribution >= 4 is 28.2 Å². The van der Waals surface area contributed by atoms with Gasteiger partial charge in [0.2, 0.25) is 0 Å². The van der Waals surface area contributed by atoms with Gasteiger partial charge in [0.1, 0.15) is 12.4 Å². The molecule has 0 saturated carbocycles. The van der Waals surface area contributed by atoms with Gasteiger partial charge in [0.25, 0.3) is 0 Å². The minimum absolute atomic E-state index is 0.0904. The number of ether oxygens (including phenoxy) is 1. The lowest BCUT2D eigenvalue weighted by molar-refractivity contribution is -0.139. The molecule has 0 radical (unpaired) electrons. The number of carbonyl (C=O) groups excluding carboxylic acids is 2. The summed E-state index contributed by atoms with van der Waals surface area (Å²) in [6.07, 6.45) is 0.526. The molecule has 0 N–H and O–H groups in total. The Morgan fingerprint density at radius 2 is 2.31 bits per heavy atom. The van der Waals surface area contributed by atoms with Crippen molar-refractivity contribution in [3.8, 4) is 6.07 Å². The van der Waals surface area contributed by atoms with E-state index in [1.165, 1.54) is 7.11 Å². The zero-order valence-corrected chi connectivity index (χ0v) is 10.1. The van der Waals surface area contributed by atoms with E-state index >= 15 is 0 Å². The van der Waals surface area contributed by atoms with E-state index in [1.54, 1.807) is 12.1 Å². The van der Waals surface area contributed by atoms with Crippen LogP contribution in [0.4, 0.5) is 0 Å². The average molecular weight is 282 g/mol. The number of halogens is 1. The van der Waals surface area contributed by atoms with Gasteiger partial charge < -0.3 is 4.74 Å². The molecule has 16 heavy (non-hydrogen) atoms. The molecule has 0 aliphatic heterocycles. The summed E-state index contributed by atoms with van der Waals surface area (Å²) >= 11 is 3.19. The Morgan fingerprint density at radius 3 is 2.81 bits per heavy atom. The molecule has 0 aliphatic carbocycles. The van der Waals surface area contributed by atoms with Crippen LogP contribution in [-0.4, -0.2) is 19.4 Å². The van der Waals surface area contributed by atoms with E-state index in [0.717, 1.165) is 0 Å². The van der Waals surface area contributed by atoms with Crippen LogP contribution in [0.1, 0.15) is 21.5 Å². The number of esters is 1. The summed E-state index contributed by atoms with van der Waals surface area (Å²) in [6, 6.07) is 5.11. The van der Waals surface area contributed by atoms with Crippen LogP contribution in [0.25, 0.3) is 0 Å². The monoisotopic (exact) mass is 281 g/mol. The lowest BCUT2D eigenvalue weighted by atomic mass is 10.00. The van der Waals surface area contributed by atoms with Crippen LogP contribution < -0.4 is 0 Å². The Morgan fingerprint density at radius 1 is 1.62 bits per heavy atom. The van der Waals surface area contributed by atoms with Crippen molar-refractivity contribution < 1.29 is 14.3 Å². The fraction of sp³-hybridized carbons (Fsp3) is 0.182. The van der Waals surface area contributed by atoms with Gasteiger partial charge in [-0.05, 0) is 27.6 Å². The van der Waals surface area contributed by atoms with Crippen LogP contribution in [-0.2, 0) is 16.0 Å². The number of carbonyl (C=O) groups is 2. The maximum atomic E-state index is 11.2. The smallest absolute Gasteiger partial charge is 0.310 e. The molecular weight excluding hydrogens is 274 g/mol. The number of methoxy groups -OCH3 is 1. The standard InChI is InChI=1S/C11H8BrNO3/c1-16-11(15)4-8-7(6-14)2-3-10(12)9(8)5-13/h2-3,6H,4H2,1H3. The van der Waals surface area contributed by atoms with Crippen LogP contribution in [0.2, 0.25) is 0 Å². The molecule has 0 bridgehead atoms. The Kier molecular flexibility index (Phi) is 4.20. The van der Waals surface area contributed by atoms with Gasteiger partial charge in [-0.1, -0.05) is 6.07 Å². The van der Waals surface area contributed by atoms with E-state index in [4.69, 9.17) is 5.26 Å². The fourth-order valence-corrected chi connectivity index (χ4v) is 1.73. The highest BCUT2D eigenvalue weighted by Gasteiger charge is 2.15. The number of aldehydes is 1. The summed E-state index contributed by atoms with van der Waals surface area (Å²) < 4.78 is 5.07. The topological polar surface area (TPSA) is 67.2 Å². The highest BCUT2D eigenvalue weighted by Crippen LogP contribution is 2.23. The van der Waals surface area contributed by atoms with Crippen LogP contribution in [0.3, 0.4) is 0 Å². The largest absolute Gasteiger partial charge is 0.469 e. The Balaban J connectivity index is 3.32. The second-order valence-corrected chi connectivity index (χ2v) is 3.83. The first-order valence-electron chi connectivity index (χ1n) is 4.37. The summed E-state index contributed by atoms with van der Waals surface area (Å²) in [6.45, 7) is 0. The fourth-order valence-electron chi connectivity index (χ4n) is 1.27. The Hall–Kier alpha value is -1.67. The number of hydrogen-bond donors (Lipinski definition) is 0. The molecule has 0 heterocycles. The van der Waals surface area contributed by atoms with Crippen molar-refractivity contribution in [1.29, 1.82) is 5.26 Å². The molecule has 0 fully saturated rings. The first-order chi connectivity index (χ1) is 7.63. The van der Waals surface area contributed by atoms with Gasteiger partial charge in [0.05, 0.1) is 19.1 Å². The van der Waals surface area contributed by atoms with Gasteiger partial charge in [-0.3, -0.25) is 9.59 Å². The summed E-state index contributed by atoms with van der Waals surface area (Å²) in [5.74, 6) is -0.488. The molecule has 0 spiro atoms. The Bertz CT molecular complexity index is 477. The summed E-state index contributed by atoms with van der Waals surface area (Å²) in [4.78, 5) is 22.0. The van der Waals surface area contributed by atoms with Gasteiger partial charge in [0, 0.05) is 10.0 Å². The maximum Gasteiger partial charge on any atom is 0.310 e. The van der Waals surface area contributed by atoms with Gasteiger partial charge >= 0.3 is 5.97 Å². The van der Waals surface area contributed by atoms with Crippen molar-refractivity contribution in [1.82, 2.24) is 0 Å². The lowest BCUT2D eigenvalue weighted by Crippen LogP contribution is -2.09. The number of rotatable bonds is 3. The van der Waals surface area contributed by atoms with E-state index < -0.39 is 5.97 Å². The van der Waals surface area contributed by atoms with Crippen LogP contribution in [0, 0.1) is 11.3 Å². The number of nitrogens with zero attached hydrogens (tertiary/aromatic N) is 1. The third kappa shape index (κ3) is 2.47. The first-order valence-corrected chi connectivity index (χ1v) is 5.16. The zero-order valence-electron chi connectivity index (χ0n) is 8.49. The summed E-state index contributed by atoms with van der Waals surface area (Å²) in [5, 5.41) is 8.96. The molecule has 82 valence electrons. The van der Waals surface area contributed by atoms with E-state index in [1.807, 2.05) is 6.07 Å². The van der Waals surface area contributed by atoms with E-state index in [0.29, 0.717) is 21.9 Å². The van der Waals surface area contributed by atoms with Gasteiger partial charge in [-0.25, -0.2) is 0 Å². The van der Waals surface area contributed by atoms with Gasteiger partial charge in [-0.2, -0.15) is 5.26 Å². The molecule has 0 saturated heterocycles. The highest BCUT2D eigenvalue weighted by molar-refractivity contribution is 9.10. The van der Waals surface area contributed by atoms with Crippen LogP contribution >= 0.6 is 15.9 Å². The molecule has 0 amide bonds. The molecule has 0 aliphatic rings. The van der Waals surface area contributed by atoms with Crippen molar-refractivity contribution in [2.45, 2.75) is 6.42 Å². The number of hydrogen-bond acceptors (Lipinski definition) is 4. The minimum atomic E-state index is -0.488. The molecule has 1 aromatic carbocycles. The van der Waals surface area contributed by atoms with Crippen LogP contribution in [0.15, 0.2) is 16.6 Å². The SMILES string of the molecule is COC(=O)Cc1c(C=O)ccc(Br)c1C#N. The third-order valence-electron chi connectivity index (χ3n) is 2.09. The molecule has 1 rings (SSSR count). The normalized spacial score (nSPS) is 9.31. The second-order valence-electron chi connectivity index (χ2n) is 2.97. The highest BCUT2D eigenvalue weighted by atomic mass is 79.9. The minimum Gasteiger partial charge on any atom is -0.469 e. The van der Waals surface area contributed by atoms with Crippen molar-refractivity contribution in [2.24, 2.45) is 0 Å². The maximum absolute atomic E-state index is 11.2. The molecule has 4 nitrogen and oxygen atoms in total.